The fourth-order valence-electron chi connectivity index (χ4n) is 5.07. The summed E-state index contributed by atoms with van der Waals surface area (Å²) in [5.41, 5.74) is 4.12. The summed E-state index contributed by atoms with van der Waals surface area (Å²) in [5, 5.41) is 19.4. The molecule has 0 bridgehead atoms. The highest BCUT2D eigenvalue weighted by molar-refractivity contribution is 7.80. The average molecular weight is 656 g/mol. The van der Waals surface area contributed by atoms with E-state index in [-0.39, 0.29) is 18.4 Å². The maximum atomic E-state index is 13.3. The van der Waals surface area contributed by atoms with E-state index in [1.54, 1.807) is 30.7 Å². The Hall–Kier alpha value is -4.42. The summed E-state index contributed by atoms with van der Waals surface area (Å²) in [6, 6.07) is 29.1. The van der Waals surface area contributed by atoms with Gasteiger partial charge in [0.05, 0.1) is 34.4 Å². The van der Waals surface area contributed by atoms with Crippen molar-refractivity contribution >= 4 is 62.9 Å². The van der Waals surface area contributed by atoms with Crippen LogP contribution in [-0.2, 0) is 24.3 Å². The number of carbonyl (C=O) groups is 1. The highest BCUT2D eigenvalue weighted by atomic mass is 35.5. The molecule has 45 heavy (non-hydrogen) atoms. The van der Waals surface area contributed by atoms with Crippen LogP contribution < -0.4 is 10.6 Å². The van der Waals surface area contributed by atoms with E-state index in [1.807, 2.05) is 58.9 Å². The second kappa shape index (κ2) is 15.0. The molecule has 1 aromatic heterocycles. The first-order valence-electron chi connectivity index (χ1n) is 14.6. The fourth-order valence-corrected chi connectivity index (χ4v) is 5.71. The minimum atomic E-state index is -0.193. The number of nitrogens with zero attached hydrogens (tertiary/aromatic N) is 4. The molecule has 0 spiro atoms. The van der Waals surface area contributed by atoms with Gasteiger partial charge in [0, 0.05) is 43.3 Å². The Balaban J connectivity index is 1.29. The zero-order valence-corrected chi connectivity index (χ0v) is 27.0. The molecule has 7 nitrogen and oxygen atoms in total. The Bertz CT molecular complexity index is 1850. The SMILES string of the molecule is CC[C@@H](CN(Cc1cccc(Cl)c1Cl)C(=S)Nc1ccc2ccccc2c1)NC(=O)Cc1cncn1Cc1ccc(C#N)cc1. The number of nitrogens with one attached hydrogen (secondary N) is 2. The van der Waals surface area contributed by atoms with Gasteiger partial charge in [-0.2, -0.15) is 5.26 Å². The monoisotopic (exact) mass is 654 g/mol. The molecule has 0 fully saturated rings. The van der Waals surface area contributed by atoms with Crippen LogP contribution in [0, 0.1) is 11.3 Å². The van der Waals surface area contributed by atoms with Crippen LogP contribution in [0.4, 0.5) is 5.69 Å². The number of aromatic nitrogens is 2. The van der Waals surface area contributed by atoms with Gasteiger partial charge in [-0.1, -0.05) is 84.7 Å². The van der Waals surface area contributed by atoms with Crippen molar-refractivity contribution in [3.8, 4) is 6.07 Å². The summed E-state index contributed by atoms with van der Waals surface area (Å²) in [5.74, 6) is -0.113. The van der Waals surface area contributed by atoms with Crippen molar-refractivity contribution in [2.45, 2.75) is 38.9 Å². The van der Waals surface area contributed by atoms with Crippen LogP contribution in [0.1, 0.15) is 35.7 Å². The van der Waals surface area contributed by atoms with Crippen LogP contribution in [-0.4, -0.2) is 38.1 Å². The second-order valence-corrected chi connectivity index (χ2v) is 11.9. The molecule has 0 aliphatic carbocycles. The Morgan fingerprint density at radius 3 is 2.58 bits per heavy atom. The van der Waals surface area contributed by atoms with Crippen molar-refractivity contribution in [2.24, 2.45) is 0 Å². The van der Waals surface area contributed by atoms with Gasteiger partial charge in [-0.05, 0) is 70.9 Å². The molecule has 228 valence electrons. The lowest BCUT2D eigenvalue weighted by atomic mass is 10.1. The van der Waals surface area contributed by atoms with Gasteiger partial charge >= 0.3 is 0 Å². The predicted molar refractivity (Wildman–Crippen MR) is 185 cm³/mol. The molecule has 10 heteroatoms. The Kier molecular flexibility index (Phi) is 10.7. The molecule has 2 N–H and O–H groups in total. The topological polar surface area (TPSA) is 86.0 Å². The molecule has 1 amide bonds. The molecule has 5 aromatic rings. The molecule has 0 radical (unpaired) electrons. The van der Waals surface area contributed by atoms with Gasteiger partial charge < -0.3 is 20.1 Å². The van der Waals surface area contributed by atoms with Crippen molar-refractivity contribution in [3.05, 3.63) is 130 Å². The largest absolute Gasteiger partial charge is 0.351 e. The van der Waals surface area contributed by atoms with E-state index in [2.05, 4.69) is 46.0 Å². The van der Waals surface area contributed by atoms with Crippen molar-refractivity contribution < 1.29 is 4.79 Å². The lowest BCUT2D eigenvalue weighted by Gasteiger charge is -2.30. The summed E-state index contributed by atoms with van der Waals surface area (Å²) in [7, 11) is 0. The predicted octanol–water partition coefficient (Wildman–Crippen LogP) is 7.60. The molecule has 0 saturated carbocycles. The summed E-state index contributed by atoms with van der Waals surface area (Å²) in [6.45, 7) is 3.44. The molecule has 0 aliphatic rings. The van der Waals surface area contributed by atoms with Gasteiger partial charge in [-0.25, -0.2) is 4.98 Å². The number of amides is 1. The highest BCUT2D eigenvalue weighted by Gasteiger charge is 2.20. The normalized spacial score (nSPS) is 11.5. The summed E-state index contributed by atoms with van der Waals surface area (Å²) >= 11 is 18.8. The van der Waals surface area contributed by atoms with Gasteiger partial charge in [-0.3, -0.25) is 4.79 Å². The standard InChI is InChI=1S/C35H32Cl2N6OS/c1-2-29(40-33(44)17-31-19-39-23-43(31)20-25-12-10-24(18-38)11-13-25)22-42(21-28-8-5-9-32(36)34(28)37)35(45)41-30-15-14-26-6-3-4-7-27(26)16-30/h3-16,19,23,29H,2,17,20-22H2,1H3,(H,40,44)(H,41,45)/t29-/m0/s1. The third-order valence-corrected chi connectivity index (χ3v) is 8.77. The van der Waals surface area contributed by atoms with Crippen LogP contribution in [0.3, 0.4) is 0 Å². The number of hydrogen-bond acceptors (Lipinski definition) is 4. The second-order valence-electron chi connectivity index (χ2n) is 10.8. The number of imidazole rings is 1. The molecule has 0 aliphatic heterocycles. The molecule has 0 unspecified atom stereocenters. The summed E-state index contributed by atoms with van der Waals surface area (Å²) in [4.78, 5) is 19.6. The quantitative estimate of drug-likeness (QED) is 0.143. The number of halogens is 2. The first-order chi connectivity index (χ1) is 21.8. The van der Waals surface area contributed by atoms with Crippen LogP contribution in [0.25, 0.3) is 10.8 Å². The van der Waals surface area contributed by atoms with Crippen molar-refractivity contribution in [1.29, 1.82) is 5.26 Å². The lowest BCUT2D eigenvalue weighted by Crippen LogP contribution is -2.47. The van der Waals surface area contributed by atoms with Gasteiger partial charge in [0.25, 0.3) is 0 Å². The maximum absolute atomic E-state index is 13.3. The fraction of sp³-hybridized carbons (Fsp3) is 0.200. The summed E-state index contributed by atoms with van der Waals surface area (Å²) < 4.78 is 1.94. The molecule has 1 heterocycles. The molecule has 0 saturated heterocycles. The van der Waals surface area contributed by atoms with E-state index in [9.17, 15) is 4.79 Å². The third kappa shape index (κ3) is 8.40. The highest BCUT2D eigenvalue weighted by Crippen LogP contribution is 2.27. The van der Waals surface area contributed by atoms with Crippen LogP contribution in [0.2, 0.25) is 10.0 Å². The van der Waals surface area contributed by atoms with E-state index in [4.69, 9.17) is 40.7 Å². The van der Waals surface area contributed by atoms with E-state index in [1.165, 1.54) is 0 Å². The van der Waals surface area contributed by atoms with Crippen molar-refractivity contribution in [3.63, 3.8) is 0 Å². The number of rotatable bonds is 11. The Morgan fingerprint density at radius 1 is 1.04 bits per heavy atom. The van der Waals surface area contributed by atoms with Gasteiger partial charge in [-0.15, -0.1) is 0 Å². The van der Waals surface area contributed by atoms with E-state index in [0.29, 0.717) is 46.8 Å². The minimum Gasteiger partial charge on any atom is -0.351 e. The van der Waals surface area contributed by atoms with Crippen LogP contribution in [0.15, 0.2) is 97.5 Å². The average Bonchev–Trinajstić information content (AvgIpc) is 3.48. The first-order valence-corrected chi connectivity index (χ1v) is 15.7. The Labute approximate surface area is 278 Å². The van der Waals surface area contributed by atoms with Crippen LogP contribution >= 0.6 is 35.4 Å². The number of carbonyl (C=O) groups excluding carboxylic acids is 1. The number of anilines is 1. The van der Waals surface area contributed by atoms with E-state index >= 15 is 0 Å². The number of nitriles is 1. The van der Waals surface area contributed by atoms with Crippen molar-refractivity contribution in [1.82, 2.24) is 19.8 Å². The first kappa shape index (κ1) is 32.0. The van der Waals surface area contributed by atoms with Gasteiger partial charge in [0.1, 0.15) is 0 Å². The smallest absolute Gasteiger partial charge is 0.226 e. The van der Waals surface area contributed by atoms with Gasteiger partial charge in [0.2, 0.25) is 5.91 Å². The maximum Gasteiger partial charge on any atom is 0.226 e. The lowest BCUT2D eigenvalue weighted by molar-refractivity contribution is -0.121. The number of hydrogen-bond donors (Lipinski definition) is 2. The number of benzene rings is 4. The van der Waals surface area contributed by atoms with E-state index < -0.39 is 0 Å². The molecule has 1 atom stereocenters. The zero-order chi connectivity index (χ0) is 31.8. The minimum absolute atomic E-state index is 0.113. The Morgan fingerprint density at radius 2 is 1.82 bits per heavy atom. The molecule has 5 rings (SSSR count). The third-order valence-electron chi connectivity index (χ3n) is 7.56. The van der Waals surface area contributed by atoms with E-state index in [0.717, 1.165) is 33.3 Å². The molecule has 4 aromatic carbocycles. The number of thiocarbonyl (C=S) groups is 1. The van der Waals surface area contributed by atoms with Crippen molar-refractivity contribution in [2.75, 3.05) is 11.9 Å². The summed E-state index contributed by atoms with van der Waals surface area (Å²) in [6.07, 6.45) is 4.28. The molecular weight excluding hydrogens is 623 g/mol. The zero-order valence-electron chi connectivity index (χ0n) is 24.7. The van der Waals surface area contributed by atoms with Crippen LogP contribution in [0.5, 0.6) is 0 Å². The number of fused-ring (bicyclic) bond motifs is 1. The molecular formula is C35H32Cl2N6OS. The van der Waals surface area contributed by atoms with Gasteiger partial charge in [0.15, 0.2) is 5.11 Å².